The molecule has 0 saturated carbocycles. The van der Waals surface area contributed by atoms with Crippen LogP contribution in [-0.2, 0) is 11.3 Å². The van der Waals surface area contributed by atoms with Gasteiger partial charge in [-0.3, -0.25) is 0 Å². The zero-order valence-electron chi connectivity index (χ0n) is 14.1. The first-order chi connectivity index (χ1) is 12.4. The maximum Gasteiger partial charge on any atom is 0.0971 e. The average molecular weight is 354 g/mol. The molecule has 1 fully saturated rings. The van der Waals surface area contributed by atoms with Crippen LogP contribution in [0.2, 0.25) is 0 Å². The Bertz CT molecular complexity index is 819. The van der Waals surface area contributed by atoms with E-state index in [1.807, 2.05) is 24.5 Å². The summed E-state index contributed by atoms with van der Waals surface area (Å²) in [6.45, 7) is 1.81. The van der Waals surface area contributed by atoms with Crippen molar-refractivity contribution in [1.29, 1.82) is 0 Å². The molecule has 0 bridgehead atoms. The Balaban J connectivity index is 1.74. The van der Waals surface area contributed by atoms with Crippen molar-refractivity contribution < 1.29 is 9.84 Å². The molecule has 3 heterocycles. The molecule has 1 aliphatic rings. The molecule has 5 heteroatoms. The Labute approximate surface area is 151 Å². The van der Waals surface area contributed by atoms with Gasteiger partial charge in [0.2, 0.25) is 0 Å². The second-order valence-electron chi connectivity index (χ2n) is 6.28. The second-order valence-corrected chi connectivity index (χ2v) is 7.40. The molecular weight excluding hydrogens is 332 g/mol. The number of aryl methyl sites for hydroxylation is 1. The number of benzene rings is 1. The third-order valence-corrected chi connectivity index (χ3v) is 5.73. The lowest BCUT2D eigenvalue weighted by molar-refractivity contribution is 0.114. The third-order valence-electron chi connectivity index (χ3n) is 4.55. The summed E-state index contributed by atoms with van der Waals surface area (Å²) in [6, 6.07) is 14.7. The van der Waals surface area contributed by atoms with Crippen LogP contribution >= 0.6 is 11.3 Å². The molecule has 0 radical (unpaired) electrons. The molecule has 4 rings (SSSR count). The van der Waals surface area contributed by atoms with Crippen LogP contribution in [0.25, 0.3) is 21.8 Å². The van der Waals surface area contributed by atoms with Crippen molar-refractivity contribution in [3.8, 4) is 21.8 Å². The maximum atomic E-state index is 9.21. The van der Waals surface area contributed by atoms with Crippen LogP contribution in [-0.4, -0.2) is 27.9 Å². The van der Waals surface area contributed by atoms with Gasteiger partial charge in [0.25, 0.3) is 0 Å². The smallest absolute Gasteiger partial charge is 0.0971 e. The van der Waals surface area contributed by atoms with Crippen LogP contribution < -0.4 is 0 Å². The summed E-state index contributed by atoms with van der Waals surface area (Å²) in [4.78, 5) is 7.18. The van der Waals surface area contributed by atoms with E-state index in [4.69, 9.17) is 4.74 Å². The number of nitrogens with zero attached hydrogens (tertiary/aromatic N) is 2. The fourth-order valence-electron chi connectivity index (χ4n) is 3.31. The standard InChI is InChI=1S/C20H22N2O2S/c23-12-5-11-22-14-21-19(15-6-2-1-3-7-15)20(22)18-10-9-17(25-18)16-8-4-13-24-16/h1-3,6-7,9-10,14,16,23H,4-5,8,11-13H2/t16-/m0/s1. The van der Waals surface area contributed by atoms with Crippen molar-refractivity contribution in [3.05, 3.63) is 53.7 Å². The lowest BCUT2D eigenvalue weighted by Gasteiger charge is -2.09. The summed E-state index contributed by atoms with van der Waals surface area (Å²) in [6.07, 6.45) is 5.10. The van der Waals surface area contributed by atoms with Gasteiger partial charge < -0.3 is 14.4 Å². The largest absolute Gasteiger partial charge is 0.396 e. The SMILES string of the molecule is OCCCn1cnc(-c2ccccc2)c1-c1ccc([C@@H]2CCCO2)s1. The maximum absolute atomic E-state index is 9.21. The van der Waals surface area contributed by atoms with Gasteiger partial charge in [0, 0.05) is 30.2 Å². The second kappa shape index (κ2) is 7.52. The Kier molecular flexibility index (Phi) is 4.97. The van der Waals surface area contributed by atoms with E-state index in [-0.39, 0.29) is 12.7 Å². The minimum absolute atomic E-state index is 0.184. The van der Waals surface area contributed by atoms with E-state index in [2.05, 4.69) is 33.8 Å². The van der Waals surface area contributed by atoms with Crippen LogP contribution in [0.15, 0.2) is 48.8 Å². The van der Waals surface area contributed by atoms with E-state index in [0.29, 0.717) is 0 Å². The summed E-state index contributed by atoms with van der Waals surface area (Å²) < 4.78 is 7.99. The number of aromatic nitrogens is 2. The molecule has 2 aromatic heterocycles. The summed E-state index contributed by atoms with van der Waals surface area (Å²) in [7, 11) is 0. The summed E-state index contributed by atoms with van der Waals surface area (Å²) in [5.41, 5.74) is 3.25. The molecule has 1 saturated heterocycles. The normalized spacial score (nSPS) is 17.2. The highest BCUT2D eigenvalue weighted by atomic mass is 32.1. The molecule has 0 unspecified atom stereocenters. The zero-order valence-corrected chi connectivity index (χ0v) is 14.9. The van der Waals surface area contributed by atoms with E-state index in [1.54, 1.807) is 11.3 Å². The topological polar surface area (TPSA) is 47.3 Å². The van der Waals surface area contributed by atoms with Gasteiger partial charge in [-0.1, -0.05) is 30.3 Å². The van der Waals surface area contributed by atoms with Gasteiger partial charge in [-0.25, -0.2) is 4.98 Å². The molecule has 1 atom stereocenters. The number of hydrogen-bond donors (Lipinski definition) is 1. The summed E-state index contributed by atoms with van der Waals surface area (Å²) in [5, 5.41) is 9.21. The van der Waals surface area contributed by atoms with Crippen molar-refractivity contribution in [3.63, 3.8) is 0 Å². The number of aliphatic hydroxyl groups excluding tert-OH is 1. The van der Waals surface area contributed by atoms with Crippen molar-refractivity contribution in [2.45, 2.75) is 31.9 Å². The molecule has 25 heavy (non-hydrogen) atoms. The Hall–Kier alpha value is -1.95. The van der Waals surface area contributed by atoms with Gasteiger partial charge in [0.05, 0.1) is 28.7 Å². The lowest BCUT2D eigenvalue weighted by Crippen LogP contribution is -2.00. The Morgan fingerprint density at radius 2 is 2.08 bits per heavy atom. The van der Waals surface area contributed by atoms with E-state index in [0.717, 1.165) is 49.4 Å². The van der Waals surface area contributed by atoms with Crippen molar-refractivity contribution >= 4 is 11.3 Å². The molecule has 1 aromatic carbocycles. The molecule has 0 amide bonds. The van der Waals surface area contributed by atoms with Crippen LogP contribution in [0.4, 0.5) is 0 Å². The highest BCUT2D eigenvalue weighted by molar-refractivity contribution is 7.15. The minimum atomic E-state index is 0.184. The van der Waals surface area contributed by atoms with Gasteiger partial charge in [0.1, 0.15) is 0 Å². The number of rotatable bonds is 6. The molecule has 0 aliphatic carbocycles. The number of hydrogen-bond acceptors (Lipinski definition) is 4. The summed E-state index contributed by atoms with van der Waals surface area (Å²) >= 11 is 1.80. The first kappa shape index (κ1) is 16.5. The number of imidazole rings is 1. The van der Waals surface area contributed by atoms with E-state index >= 15 is 0 Å². The third kappa shape index (κ3) is 3.40. The highest BCUT2D eigenvalue weighted by Crippen LogP contribution is 2.40. The zero-order chi connectivity index (χ0) is 17.1. The predicted octanol–water partition coefficient (Wildman–Crippen LogP) is 4.51. The van der Waals surface area contributed by atoms with Crippen LogP contribution in [0.3, 0.4) is 0 Å². The van der Waals surface area contributed by atoms with Crippen LogP contribution in [0.5, 0.6) is 0 Å². The van der Waals surface area contributed by atoms with Crippen molar-refractivity contribution in [1.82, 2.24) is 9.55 Å². The molecule has 1 N–H and O–H groups in total. The number of aliphatic hydroxyl groups is 1. The fourth-order valence-corrected chi connectivity index (χ4v) is 4.47. The molecular formula is C20H22N2O2S. The molecule has 0 spiro atoms. The van der Waals surface area contributed by atoms with Gasteiger partial charge in [-0.05, 0) is 31.4 Å². The monoisotopic (exact) mass is 354 g/mol. The molecule has 130 valence electrons. The van der Waals surface area contributed by atoms with Gasteiger partial charge in [0.15, 0.2) is 0 Å². The van der Waals surface area contributed by atoms with Gasteiger partial charge >= 0.3 is 0 Å². The van der Waals surface area contributed by atoms with Crippen LogP contribution in [0, 0.1) is 0 Å². The van der Waals surface area contributed by atoms with E-state index in [9.17, 15) is 5.11 Å². The fraction of sp³-hybridized carbons (Fsp3) is 0.350. The van der Waals surface area contributed by atoms with E-state index < -0.39 is 0 Å². The average Bonchev–Trinajstić information content (AvgIpc) is 3.39. The lowest BCUT2D eigenvalue weighted by atomic mass is 10.1. The van der Waals surface area contributed by atoms with Crippen molar-refractivity contribution in [2.75, 3.05) is 13.2 Å². The van der Waals surface area contributed by atoms with Crippen molar-refractivity contribution in [2.24, 2.45) is 0 Å². The first-order valence-corrected chi connectivity index (χ1v) is 9.61. The number of thiophene rings is 1. The summed E-state index contributed by atoms with van der Waals surface area (Å²) in [5.74, 6) is 0. The van der Waals surface area contributed by atoms with Gasteiger partial charge in [-0.2, -0.15) is 0 Å². The molecule has 4 nitrogen and oxygen atoms in total. The van der Waals surface area contributed by atoms with E-state index in [1.165, 1.54) is 9.75 Å². The highest BCUT2D eigenvalue weighted by Gasteiger charge is 2.22. The Morgan fingerprint density at radius 3 is 2.84 bits per heavy atom. The minimum Gasteiger partial charge on any atom is -0.396 e. The number of ether oxygens (including phenoxy) is 1. The quantitative estimate of drug-likeness (QED) is 0.708. The first-order valence-electron chi connectivity index (χ1n) is 8.80. The van der Waals surface area contributed by atoms with Crippen LogP contribution in [0.1, 0.15) is 30.2 Å². The predicted molar refractivity (Wildman–Crippen MR) is 101 cm³/mol. The Morgan fingerprint density at radius 1 is 1.20 bits per heavy atom. The molecule has 3 aromatic rings. The molecule has 1 aliphatic heterocycles. The van der Waals surface area contributed by atoms with Gasteiger partial charge in [-0.15, -0.1) is 11.3 Å².